The topological polar surface area (TPSA) is 26.0 Å². The molecule has 0 bridgehead atoms. The summed E-state index contributed by atoms with van der Waals surface area (Å²) in [7, 11) is 0. The first-order valence-electron chi connectivity index (χ1n) is 5.32. The summed E-state index contributed by atoms with van der Waals surface area (Å²) in [5.41, 5.74) is 6.81. The molecular weight excluding hydrogens is 281 g/mol. The summed E-state index contributed by atoms with van der Waals surface area (Å²) < 4.78 is 14.7. The SMILES string of the molecule is CC(N)(c1ccc(Br)cc1)c1ccccc1F. The molecule has 2 aromatic rings. The van der Waals surface area contributed by atoms with Crippen molar-refractivity contribution < 1.29 is 4.39 Å². The highest BCUT2D eigenvalue weighted by Gasteiger charge is 2.26. The van der Waals surface area contributed by atoms with Crippen molar-refractivity contribution in [2.24, 2.45) is 5.73 Å². The van der Waals surface area contributed by atoms with Crippen molar-refractivity contribution in [3.05, 3.63) is 69.9 Å². The van der Waals surface area contributed by atoms with Crippen molar-refractivity contribution in [1.82, 2.24) is 0 Å². The van der Waals surface area contributed by atoms with E-state index < -0.39 is 5.54 Å². The van der Waals surface area contributed by atoms with Gasteiger partial charge in [0.05, 0.1) is 5.54 Å². The molecule has 0 heterocycles. The molecule has 0 spiro atoms. The number of nitrogens with two attached hydrogens (primary N) is 1. The third kappa shape index (κ3) is 2.40. The molecule has 2 aromatic carbocycles. The van der Waals surface area contributed by atoms with Gasteiger partial charge in [-0.2, -0.15) is 0 Å². The number of hydrogen-bond acceptors (Lipinski definition) is 1. The fourth-order valence-corrected chi connectivity index (χ4v) is 2.10. The molecule has 17 heavy (non-hydrogen) atoms. The maximum atomic E-state index is 13.8. The van der Waals surface area contributed by atoms with Gasteiger partial charge in [-0.05, 0) is 30.7 Å². The summed E-state index contributed by atoms with van der Waals surface area (Å²) in [6.07, 6.45) is 0. The van der Waals surface area contributed by atoms with Crippen LogP contribution in [0.3, 0.4) is 0 Å². The maximum absolute atomic E-state index is 13.8. The highest BCUT2D eigenvalue weighted by atomic mass is 79.9. The molecule has 88 valence electrons. The minimum Gasteiger partial charge on any atom is -0.318 e. The van der Waals surface area contributed by atoms with E-state index in [1.165, 1.54) is 6.07 Å². The van der Waals surface area contributed by atoms with E-state index in [9.17, 15) is 4.39 Å². The van der Waals surface area contributed by atoms with Crippen molar-refractivity contribution in [2.75, 3.05) is 0 Å². The molecule has 0 saturated carbocycles. The first-order chi connectivity index (χ1) is 8.01. The second-order valence-electron chi connectivity index (χ2n) is 4.19. The van der Waals surface area contributed by atoms with Crippen LogP contribution in [0.15, 0.2) is 53.0 Å². The van der Waals surface area contributed by atoms with Crippen molar-refractivity contribution in [2.45, 2.75) is 12.5 Å². The molecule has 2 rings (SSSR count). The molecule has 0 amide bonds. The number of halogens is 2. The summed E-state index contributed by atoms with van der Waals surface area (Å²) >= 11 is 3.37. The minimum atomic E-state index is -0.827. The Kier molecular flexibility index (Phi) is 3.31. The average Bonchev–Trinajstić information content (AvgIpc) is 2.30. The molecule has 1 nitrogen and oxygen atoms in total. The fourth-order valence-electron chi connectivity index (χ4n) is 1.83. The van der Waals surface area contributed by atoms with Gasteiger partial charge < -0.3 is 5.73 Å². The third-order valence-electron chi connectivity index (χ3n) is 2.88. The Morgan fingerprint density at radius 1 is 1.06 bits per heavy atom. The zero-order chi connectivity index (χ0) is 12.5. The Balaban J connectivity index is 2.49. The Hall–Kier alpha value is -1.19. The van der Waals surface area contributed by atoms with Gasteiger partial charge in [-0.15, -0.1) is 0 Å². The van der Waals surface area contributed by atoms with Gasteiger partial charge in [0.1, 0.15) is 5.82 Å². The van der Waals surface area contributed by atoms with E-state index in [2.05, 4.69) is 15.9 Å². The number of benzene rings is 2. The van der Waals surface area contributed by atoms with Gasteiger partial charge in [-0.25, -0.2) is 4.39 Å². The lowest BCUT2D eigenvalue weighted by atomic mass is 9.85. The number of hydrogen-bond donors (Lipinski definition) is 1. The van der Waals surface area contributed by atoms with Crippen molar-refractivity contribution >= 4 is 15.9 Å². The average molecular weight is 294 g/mol. The Labute approximate surface area is 109 Å². The van der Waals surface area contributed by atoms with Crippen LogP contribution in [0.5, 0.6) is 0 Å². The van der Waals surface area contributed by atoms with E-state index in [0.29, 0.717) is 5.56 Å². The number of rotatable bonds is 2. The molecule has 0 saturated heterocycles. The zero-order valence-electron chi connectivity index (χ0n) is 9.45. The first-order valence-corrected chi connectivity index (χ1v) is 6.11. The van der Waals surface area contributed by atoms with Gasteiger partial charge in [0.2, 0.25) is 0 Å². The first kappa shape index (κ1) is 12.3. The zero-order valence-corrected chi connectivity index (χ0v) is 11.0. The molecule has 1 unspecified atom stereocenters. The molecule has 0 fully saturated rings. The fraction of sp³-hybridized carbons (Fsp3) is 0.143. The summed E-state index contributed by atoms with van der Waals surface area (Å²) in [4.78, 5) is 0. The van der Waals surface area contributed by atoms with Crippen LogP contribution >= 0.6 is 15.9 Å². The van der Waals surface area contributed by atoms with E-state index in [1.807, 2.05) is 31.2 Å². The van der Waals surface area contributed by atoms with Crippen LogP contribution in [0.1, 0.15) is 18.1 Å². The van der Waals surface area contributed by atoms with E-state index in [1.54, 1.807) is 18.2 Å². The monoisotopic (exact) mass is 293 g/mol. The molecular formula is C14H13BrFN. The van der Waals surface area contributed by atoms with Crippen LogP contribution in [0.2, 0.25) is 0 Å². The van der Waals surface area contributed by atoms with Crippen molar-refractivity contribution in [3.63, 3.8) is 0 Å². The molecule has 1 atom stereocenters. The molecule has 0 aromatic heterocycles. The predicted octanol–water partition coefficient (Wildman–Crippen LogP) is 3.81. The summed E-state index contributed by atoms with van der Waals surface area (Å²) in [5, 5.41) is 0. The largest absolute Gasteiger partial charge is 0.318 e. The summed E-state index contributed by atoms with van der Waals surface area (Å²) in [6, 6.07) is 14.2. The second-order valence-corrected chi connectivity index (χ2v) is 5.10. The van der Waals surface area contributed by atoms with Crippen LogP contribution in [0, 0.1) is 5.82 Å². The van der Waals surface area contributed by atoms with Crippen LogP contribution < -0.4 is 5.73 Å². The maximum Gasteiger partial charge on any atom is 0.128 e. The summed E-state index contributed by atoms with van der Waals surface area (Å²) in [6.45, 7) is 1.81. The molecule has 0 aliphatic heterocycles. The lowest BCUT2D eigenvalue weighted by Crippen LogP contribution is -2.35. The second kappa shape index (κ2) is 4.59. The van der Waals surface area contributed by atoms with Gasteiger partial charge in [0, 0.05) is 10.0 Å². The minimum absolute atomic E-state index is 0.277. The molecule has 0 aliphatic carbocycles. The quantitative estimate of drug-likeness (QED) is 0.895. The Morgan fingerprint density at radius 3 is 2.24 bits per heavy atom. The molecule has 0 aliphatic rings. The van der Waals surface area contributed by atoms with Crippen LogP contribution in [-0.4, -0.2) is 0 Å². The van der Waals surface area contributed by atoms with E-state index >= 15 is 0 Å². The van der Waals surface area contributed by atoms with Crippen molar-refractivity contribution in [1.29, 1.82) is 0 Å². The molecule has 0 radical (unpaired) electrons. The molecule has 2 N–H and O–H groups in total. The highest BCUT2D eigenvalue weighted by Crippen LogP contribution is 2.29. The third-order valence-corrected chi connectivity index (χ3v) is 3.41. The molecule has 3 heteroatoms. The van der Waals surface area contributed by atoms with Gasteiger partial charge in [-0.1, -0.05) is 46.3 Å². The van der Waals surface area contributed by atoms with Gasteiger partial charge >= 0.3 is 0 Å². The standard InChI is InChI=1S/C14H13BrFN/c1-14(17,10-6-8-11(15)9-7-10)12-4-2-3-5-13(12)16/h2-9H,17H2,1H3. The Morgan fingerprint density at radius 2 is 1.65 bits per heavy atom. The Bertz CT molecular complexity index is 520. The highest BCUT2D eigenvalue weighted by molar-refractivity contribution is 9.10. The summed E-state index contributed by atoms with van der Waals surface area (Å²) in [5.74, 6) is -0.277. The lowest BCUT2D eigenvalue weighted by Gasteiger charge is -2.26. The predicted molar refractivity (Wildman–Crippen MR) is 71.2 cm³/mol. The van der Waals surface area contributed by atoms with Gasteiger partial charge in [0.25, 0.3) is 0 Å². The lowest BCUT2D eigenvalue weighted by molar-refractivity contribution is 0.531. The van der Waals surface area contributed by atoms with Crippen LogP contribution in [0.25, 0.3) is 0 Å². The normalized spacial score (nSPS) is 14.4. The van der Waals surface area contributed by atoms with Crippen molar-refractivity contribution in [3.8, 4) is 0 Å². The van der Waals surface area contributed by atoms with Crippen LogP contribution in [0.4, 0.5) is 4.39 Å². The smallest absolute Gasteiger partial charge is 0.128 e. The van der Waals surface area contributed by atoms with Gasteiger partial charge in [0.15, 0.2) is 0 Å². The van der Waals surface area contributed by atoms with Gasteiger partial charge in [-0.3, -0.25) is 0 Å². The van der Waals surface area contributed by atoms with Crippen LogP contribution in [-0.2, 0) is 5.54 Å². The van der Waals surface area contributed by atoms with E-state index in [4.69, 9.17) is 5.73 Å². The van der Waals surface area contributed by atoms with E-state index in [-0.39, 0.29) is 5.82 Å². The van der Waals surface area contributed by atoms with E-state index in [0.717, 1.165) is 10.0 Å².